The molecule has 0 aliphatic carbocycles. The van der Waals surface area contributed by atoms with Gasteiger partial charge in [0.25, 0.3) is 0 Å². The number of hydrogen-bond donors (Lipinski definition) is 1. The van der Waals surface area contributed by atoms with Gasteiger partial charge in [0.1, 0.15) is 5.76 Å². The van der Waals surface area contributed by atoms with Crippen LogP contribution in [0.15, 0.2) is 21.3 Å². The SMILES string of the molecule is Cc1occc1-c1noc([C@@H]2CCCCN2)n1. The van der Waals surface area contributed by atoms with Gasteiger partial charge in [-0.05, 0) is 32.4 Å². The summed E-state index contributed by atoms with van der Waals surface area (Å²) < 4.78 is 10.6. The average molecular weight is 233 g/mol. The molecule has 5 heteroatoms. The van der Waals surface area contributed by atoms with Crippen molar-refractivity contribution in [3.8, 4) is 11.4 Å². The van der Waals surface area contributed by atoms with Crippen LogP contribution in [-0.2, 0) is 0 Å². The van der Waals surface area contributed by atoms with E-state index < -0.39 is 0 Å². The monoisotopic (exact) mass is 233 g/mol. The van der Waals surface area contributed by atoms with Crippen LogP contribution < -0.4 is 5.32 Å². The van der Waals surface area contributed by atoms with E-state index in [2.05, 4.69) is 15.5 Å². The summed E-state index contributed by atoms with van der Waals surface area (Å²) >= 11 is 0. The maximum absolute atomic E-state index is 5.32. The fraction of sp³-hybridized carbons (Fsp3) is 0.500. The van der Waals surface area contributed by atoms with E-state index in [0.717, 1.165) is 24.3 Å². The van der Waals surface area contributed by atoms with Crippen molar-refractivity contribution in [1.29, 1.82) is 0 Å². The Bertz CT molecular complexity index is 497. The molecule has 1 aliphatic heterocycles. The number of aromatic nitrogens is 2. The molecule has 1 N–H and O–H groups in total. The molecule has 1 aliphatic rings. The van der Waals surface area contributed by atoms with Crippen molar-refractivity contribution in [2.45, 2.75) is 32.2 Å². The van der Waals surface area contributed by atoms with E-state index >= 15 is 0 Å². The van der Waals surface area contributed by atoms with E-state index in [0.29, 0.717) is 11.7 Å². The highest BCUT2D eigenvalue weighted by atomic mass is 16.5. The second-order valence-electron chi connectivity index (χ2n) is 4.35. The molecule has 5 nitrogen and oxygen atoms in total. The number of furan rings is 1. The van der Waals surface area contributed by atoms with Crippen molar-refractivity contribution in [3.63, 3.8) is 0 Å². The third-order valence-electron chi connectivity index (χ3n) is 3.15. The highest BCUT2D eigenvalue weighted by Gasteiger charge is 2.22. The molecular formula is C12H15N3O2. The molecule has 3 rings (SSSR count). The van der Waals surface area contributed by atoms with Gasteiger partial charge in [-0.25, -0.2) is 0 Å². The second kappa shape index (κ2) is 4.33. The molecule has 0 aromatic carbocycles. The summed E-state index contributed by atoms with van der Waals surface area (Å²) in [6.07, 6.45) is 5.13. The number of piperidine rings is 1. The molecular weight excluding hydrogens is 218 g/mol. The van der Waals surface area contributed by atoms with Crippen molar-refractivity contribution >= 4 is 0 Å². The normalized spacial score (nSPS) is 20.6. The Balaban J connectivity index is 1.85. The lowest BCUT2D eigenvalue weighted by atomic mass is 10.1. The highest BCUT2D eigenvalue weighted by molar-refractivity contribution is 5.56. The number of aryl methyl sites for hydroxylation is 1. The summed E-state index contributed by atoms with van der Waals surface area (Å²) in [6.45, 7) is 2.91. The Morgan fingerprint density at radius 1 is 1.41 bits per heavy atom. The van der Waals surface area contributed by atoms with Gasteiger partial charge in [0.15, 0.2) is 0 Å². The van der Waals surface area contributed by atoms with Crippen LogP contribution in [0.3, 0.4) is 0 Å². The Morgan fingerprint density at radius 2 is 2.35 bits per heavy atom. The van der Waals surface area contributed by atoms with Gasteiger partial charge in [0, 0.05) is 0 Å². The van der Waals surface area contributed by atoms with Crippen LogP contribution >= 0.6 is 0 Å². The molecule has 2 aromatic heterocycles. The van der Waals surface area contributed by atoms with Crippen LogP contribution in [0.2, 0.25) is 0 Å². The fourth-order valence-electron chi connectivity index (χ4n) is 2.17. The van der Waals surface area contributed by atoms with Crippen LogP contribution in [-0.4, -0.2) is 16.7 Å². The summed E-state index contributed by atoms with van der Waals surface area (Å²) in [4.78, 5) is 4.44. The van der Waals surface area contributed by atoms with Crippen LogP contribution in [0.5, 0.6) is 0 Å². The zero-order valence-electron chi connectivity index (χ0n) is 9.77. The molecule has 1 saturated heterocycles. The molecule has 1 fully saturated rings. The molecule has 17 heavy (non-hydrogen) atoms. The molecule has 0 radical (unpaired) electrons. The van der Waals surface area contributed by atoms with Crippen LogP contribution in [0.1, 0.15) is 37.0 Å². The Morgan fingerprint density at radius 3 is 3.06 bits per heavy atom. The standard InChI is InChI=1S/C12H15N3O2/c1-8-9(5-7-16-8)11-14-12(17-15-11)10-4-2-3-6-13-10/h5,7,10,13H,2-4,6H2,1H3/t10-/m0/s1. The Hall–Kier alpha value is -1.62. The topological polar surface area (TPSA) is 64.1 Å². The molecule has 3 heterocycles. The van der Waals surface area contributed by atoms with E-state index in [-0.39, 0.29) is 6.04 Å². The summed E-state index contributed by atoms with van der Waals surface area (Å²) in [5.41, 5.74) is 0.899. The maximum Gasteiger partial charge on any atom is 0.244 e. The van der Waals surface area contributed by atoms with Gasteiger partial charge in [-0.2, -0.15) is 4.98 Å². The third-order valence-corrected chi connectivity index (χ3v) is 3.15. The summed E-state index contributed by atoms with van der Waals surface area (Å²) in [6, 6.07) is 2.07. The molecule has 2 aromatic rings. The van der Waals surface area contributed by atoms with Crippen molar-refractivity contribution in [1.82, 2.24) is 15.5 Å². The zero-order valence-corrected chi connectivity index (χ0v) is 9.77. The van der Waals surface area contributed by atoms with Crippen LogP contribution in [0.4, 0.5) is 0 Å². The first kappa shape index (κ1) is 10.5. The lowest BCUT2D eigenvalue weighted by Gasteiger charge is -2.19. The first-order valence-corrected chi connectivity index (χ1v) is 5.96. The lowest BCUT2D eigenvalue weighted by Crippen LogP contribution is -2.26. The number of nitrogens with zero attached hydrogens (tertiary/aromatic N) is 2. The smallest absolute Gasteiger partial charge is 0.244 e. The van der Waals surface area contributed by atoms with Gasteiger partial charge in [-0.15, -0.1) is 0 Å². The molecule has 0 saturated carbocycles. The number of rotatable bonds is 2. The van der Waals surface area contributed by atoms with Crippen molar-refractivity contribution in [2.24, 2.45) is 0 Å². The van der Waals surface area contributed by atoms with Gasteiger partial charge in [-0.3, -0.25) is 0 Å². The molecule has 0 spiro atoms. The molecule has 1 atom stereocenters. The van der Waals surface area contributed by atoms with E-state index in [1.54, 1.807) is 6.26 Å². The van der Waals surface area contributed by atoms with Crippen molar-refractivity contribution in [2.75, 3.05) is 6.54 Å². The van der Waals surface area contributed by atoms with E-state index in [1.807, 2.05) is 13.0 Å². The van der Waals surface area contributed by atoms with Gasteiger partial charge in [0.05, 0.1) is 17.9 Å². The quantitative estimate of drug-likeness (QED) is 0.863. The first-order chi connectivity index (χ1) is 8.34. The maximum atomic E-state index is 5.32. The molecule has 0 unspecified atom stereocenters. The largest absolute Gasteiger partial charge is 0.469 e. The summed E-state index contributed by atoms with van der Waals surface area (Å²) in [5.74, 6) is 2.10. The van der Waals surface area contributed by atoms with Crippen LogP contribution in [0.25, 0.3) is 11.4 Å². The van der Waals surface area contributed by atoms with Crippen molar-refractivity contribution < 1.29 is 8.94 Å². The van der Waals surface area contributed by atoms with E-state index in [1.165, 1.54) is 12.8 Å². The van der Waals surface area contributed by atoms with Gasteiger partial charge in [0.2, 0.25) is 11.7 Å². The molecule has 0 bridgehead atoms. The lowest BCUT2D eigenvalue weighted by molar-refractivity contribution is 0.297. The van der Waals surface area contributed by atoms with Gasteiger partial charge < -0.3 is 14.3 Å². The molecule has 0 amide bonds. The second-order valence-corrected chi connectivity index (χ2v) is 4.35. The molecule has 90 valence electrons. The average Bonchev–Trinajstić information content (AvgIpc) is 2.98. The number of nitrogens with one attached hydrogen (secondary N) is 1. The summed E-state index contributed by atoms with van der Waals surface area (Å²) in [5, 5.41) is 7.40. The van der Waals surface area contributed by atoms with Gasteiger partial charge in [-0.1, -0.05) is 11.6 Å². The van der Waals surface area contributed by atoms with E-state index in [4.69, 9.17) is 8.94 Å². The third kappa shape index (κ3) is 1.98. The zero-order chi connectivity index (χ0) is 11.7. The Labute approximate surface area is 99.2 Å². The summed E-state index contributed by atoms with van der Waals surface area (Å²) in [7, 11) is 0. The van der Waals surface area contributed by atoms with E-state index in [9.17, 15) is 0 Å². The van der Waals surface area contributed by atoms with Gasteiger partial charge >= 0.3 is 0 Å². The minimum atomic E-state index is 0.206. The minimum absolute atomic E-state index is 0.206. The number of hydrogen-bond acceptors (Lipinski definition) is 5. The Kier molecular flexibility index (Phi) is 2.68. The predicted octanol–water partition coefficient (Wildman–Crippen LogP) is 2.45. The first-order valence-electron chi connectivity index (χ1n) is 5.96. The predicted molar refractivity (Wildman–Crippen MR) is 61.3 cm³/mol. The van der Waals surface area contributed by atoms with Crippen LogP contribution in [0, 0.1) is 6.92 Å². The fourth-order valence-corrected chi connectivity index (χ4v) is 2.17. The minimum Gasteiger partial charge on any atom is -0.469 e. The highest BCUT2D eigenvalue weighted by Crippen LogP contribution is 2.25. The van der Waals surface area contributed by atoms with Crippen molar-refractivity contribution in [3.05, 3.63) is 24.0 Å².